The predicted molar refractivity (Wildman–Crippen MR) is 99.1 cm³/mol. The summed E-state index contributed by atoms with van der Waals surface area (Å²) in [6.07, 6.45) is -3.17. The van der Waals surface area contributed by atoms with Crippen LogP contribution in [-0.4, -0.2) is 49.3 Å². The number of hydrogen-bond donors (Lipinski definition) is 2. The molecule has 0 aromatic heterocycles. The third-order valence-corrected chi connectivity index (χ3v) is 4.68. The molecule has 0 saturated carbocycles. The number of guanidine groups is 1. The lowest BCUT2D eigenvalue weighted by Crippen LogP contribution is -2.44. The molecule has 2 rings (SSSR count). The molecule has 4 nitrogen and oxygen atoms in total. The van der Waals surface area contributed by atoms with Crippen LogP contribution in [0.15, 0.2) is 35.3 Å². The van der Waals surface area contributed by atoms with Crippen molar-refractivity contribution >= 4 is 5.96 Å². The Morgan fingerprint density at radius 3 is 2.62 bits per heavy atom. The van der Waals surface area contributed by atoms with E-state index in [0.29, 0.717) is 25.0 Å². The molecule has 1 aromatic rings. The molecular weight excluding hydrogens is 341 g/mol. The van der Waals surface area contributed by atoms with Gasteiger partial charge >= 0.3 is 6.18 Å². The van der Waals surface area contributed by atoms with Crippen LogP contribution < -0.4 is 10.6 Å². The van der Waals surface area contributed by atoms with Gasteiger partial charge in [-0.1, -0.05) is 30.3 Å². The molecule has 2 unspecified atom stereocenters. The molecule has 146 valence electrons. The smallest absolute Gasteiger partial charge is 0.356 e. The summed E-state index contributed by atoms with van der Waals surface area (Å²) in [7, 11) is 1.69. The van der Waals surface area contributed by atoms with Crippen molar-refractivity contribution in [2.45, 2.75) is 57.4 Å². The summed E-state index contributed by atoms with van der Waals surface area (Å²) in [4.78, 5) is 6.62. The van der Waals surface area contributed by atoms with Gasteiger partial charge in [0.2, 0.25) is 0 Å². The maximum atomic E-state index is 12.1. The molecule has 1 aliphatic heterocycles. The van der Waals surface area contributed by atoms with Gasteiger partial charge in [-0.25, -0.2) is 0 Å². The van der Waals surface area contributed by atoms with Crippen LogP contribution in [0.4, 0.5) is 13.2 Å². The van der Waals surface area contributed by atoms with E-state index in [1.807, 2.05) is 6.07 Å². The molecule has 2 N–H and O–H groups in total. The minimum atomic E-state index is -4.07. The van der Waals surface area contributed by atoms with Gasteiger partial charge in [-0.2, -0.15) is 13.2 Å². The summed E-state index contributed by atoms with van der Waals surface area (Å²) >= 11 is 0. The molecule has 1 saturated heterocycles. The van der Waals surface area contributed by atoms with Crippen LogP contribution in [0.5, 0.6) is 0 Å². The Morgan fingerprint density at radius 2 is 1.96 bits per heavy atom. The minimum absolute atomic E-state index is 0.138. The number of aliphatic imine (C=N–C) groups is 1. The molecule has 0 amide bonds. The van der Waals surface area contributed by atoms with E-state index >= 15 is 0 Å². The van der Waals surface area contributed by atoms with E-state index in [4.69, 9.17) is 0 Å². The summed E-state index contributed by atoms with van der Waals surface area (Å²) in [6.45, 7) is 4.55. The highest BCUT2D eigenvalue weighted by Crippen LogP contribution is 2.22. The number of nitrogens with zero attached hydrogens (tertiary/aromatic N) is 2. The largest absolute Gasteiger partial charge is 0.389 e. The maximum Gasteiger partial charge on any atom is 0.389 e. The highest BCUT2D eigenvalue weighted by Gasteiger charge is 2.29. The van der Waals surface area contributed by atoms with E-state index in [1.165, 1.54) is 5.56 Å². The molecule has 0 aliphatic carbocycles. The highest BCUT2D eigenvalue weighted by molar-refractivity contribution is 5.80. The average Bonchev–Trinajstić information content (AvgIpc) is 2.92. The van der Waals surface area contributed by atoms with Crippen molar-refractivity contribution in [1.29, 1.82) is 0 Å². The van der Waals surface area contributed by atoms with Gasteiger partial charge in [0, 0.05) is 45.2 Å². The van der Waals surface area contributed by atoms with E-state index < -0.39 is 12.6 Å². The van der Waals surface area contributed by atoms with E-state index in [1.54, 1.807) is 7.05 Å². The molecule has 1 fully saturated rings. The number of halogens is 3. The second-order valence-electron chi connectivity index (χ2n) is 6.91. The third-order valence-electron chi connectivity index (χ3n) is 4.68. The number of hydrogen-bond acceptors (Lipinski definition) is 2. The molecule has 2 atom stereocenters. The quantitative estimate of drug-likeness (QED) is 0.438. The molecule has 0 bridgehead atoms. The summed E-state index contributed by atoms with van der Waals surface area (Å²) in [5.41, 5.74) is 1.30. The minimum Gasteiger partial charge on any atom is -0.356 e. The van der Waals surface area contributed by atoms with Gasteiger partial charge in [0.15, 0.2) is 5.96 Å². The van der Waals surface area contributed by atoms with Crippen molar-refractivity contribution in [2.75, 3.05) is 20.1 Å². The molecule has 0 radical (unpaired) electrons. The van der Waals surface area contributed by atoms with Crippen LogP contribution in [0, 0.1) is 0 Å². The van der Waals surface area contributed by atoms with Crippen molar-refractivity contribution in [3.05, 3.63) is 35.9 Å². The van der Waals surface area contributed by atoms with E-state index in [0.717, 1.165) is 19.5 Å². The summed E-state index contributed by atoms with van der Waals surface area (Å²) in [6, 6.07) is 11.1. The predicted octanol–water partition coefficient (Wildman–Crippen LogP) is 3.55. The summed E-state index contributed by atoms with van der Waals surface area (Å²) in [5.74, 6) is 0.663. The number of alkyl halides is 3. The van der Waals surface area contributed by atoms with Gasteiger partial charge in [0.1, 0.15) is 0 Å². The Kier molecular flexibility index (Phi) is 7.75. The van der Waals surface area contributed by atoms with E-state index in [-0.39, 0.29) is 12.5 Å². The summed E-state index contributed by atoms with van der Waals surface area (Å²) in [5, 5.41) is 6.51. The number of rotatable bonds is 7. The number of benzene rings is 1. The molecule has 0 spiro atoms. The average molecular weight is 370 g/mol. The van der Waals surface area contributed by atoms with Crippen LogP contribution in [0.3, 0.4) is 0 Å². The van der Waals surface area contributed by atoms with Gasteiger partial charge < -0.3 is 10.6 Å². The van der Waals surface area contributed by atoms with Crippen LogP contribution in [-0.2, 0) is 6.54 Å². The van der Waals surface area contributed by atoms with Gasteiger partial charge in [-0.3, -0.25) is 9.89 Å². The van der Waals surface area contributed by atoms with Crippen molar-refractivity contribution < 1.29 is 13.2 Å². The zero-order valence-electron chi connectivity index (χ0n) is 15.5. The fraction of sp³-hybridized carbons (Fsp3) is 0.632. The maximum absolute atomic E-state index is 12.1. The molecule has 1 aromatic carbocycles. The fourth-order valence-corrected chi connectivity index (χ4v) is 3.29. The molecule has 1 heterocycles. The first-order valence-electron chi connectivity index (χ1n) is 9.19. The lowest BCUT2D eigenvalue weighted by Gasteiger charge is -2.21. The third kappa shape index (κ3) is 7.23. The first-order valence-corrected chi connectivity index (χ1v) is 9.19. The lowest BCUT2D eigenvalue weighted by atomic mass is 10.2. The Morgan fingerprint density at radius 1 is 1.23 bits per heavy atom. The molecular formula is C19H29F3N4. The van der Waals surface area contributed by atoms with Gasteiger partial charge in [0.25, 0.3) is 0 Å². The van der Waals surface area contributed by atoms with Crippen molar-refractivity contribution in [3.8, 4) is 0 Å². The van der Waals surface area contributed by atoms with Crippen molar-refractivity contribution in [2.24, 2.45) is 4.99 Å². The van der Waals surface area contributed by atoms with Crippen LogP contribution >= 0.6 is 0 Å². The second kappa shape index (κ2) is 9.80. The Hall–Kier alpha value is -1.76. The normalized spacial score (nSPS) is 21.8. The van der Waals surface area contributed by atoms with Gasteiger partial charge in [-0.05, 0) is 31.7 Å². The van der Waals surface area contributed by atoms with Crippen molar-refractivity contribution in [3.63, 3.8) is 0 Å². The molecule has 1 aliphatic rings. The molecule has 7 heteroatoms. The van der Waals surface area contributed by atoms with Gasteiger partial charge in [0.05, 0.1) is 0 Å². The van der Waals surface area contributed by atoms with Crippen molar-refractivity contribution in [1.82, 2.24) is 15.5 Å². The monoisotopic (exact) mass is 370 g/mol. The van der Waals surface area contributed by atoms with Crippen LogP contribution in [0.2, 0.25) is 0 Å². The Balaban J connectivity index is 1.71. The lowest BCUT2D eigenvalue weighted by molar-refractivity contribution is -0.135. The van der Waals surface area contributed by atoms with E-state index in [2.05, 4.69) is 51.7 Å². The highest BCUT2D eigenvalue weighted by atomic mass is 19.4. The zero-order valence-corrected chi connectivity index (χ0v) is 15.5. The Labute approximate surface area is 153 Å². The zero-order chi connectivity index (χ0) is 19.0. The SMILES string of the molecule is CN=C(NCCCCC(F)(F)F)NC1CC(C)N(Cc2ccccc2)C1. The number of likely N-dealkylation sites (tertiary alicyclic amines) is 1. The standard InChI is InChI=1S/C19H29F3N4/c1-15-12-17(14-26(15)13-16-8-4-3-5-9-16)25-18(23-2)24-11-7-6-10-19(20,21)22/h3-5,8-9,15,17H,6-7,10-14H2,1-2H3,(H2,23,24,25). The van der Waals surface area contributed by atoms with Crippen LogP contribution in [0.1, 0.15) is 38.2 Å². The van der Waals surface area contributed by atoms with E-state index in [9.17, 15) is 13.2 Å². The summed E-state index contributed by atoms with van der Waals surface area (Å²) < 4.78 is 36.4. The van der Waals surface area contributed by atoms with Crippen LogP contribution in [0.25, 0.3) is 0 Å². The molecule has 26 heavy (non-hydrogen) atoms. The topological polar surface area (TPSA) is 39.7 Å². The number of nitrogens with one attached hydrogen (secondary N) is 2. The first kappa shape index (κ1) is 20.6. The first-order chi connectivity index (χ1) is 12.4. The Bertz CT molecular complexity index is 560. The van der Waals surface area contributed by atoms with Gasteiger partial charge in [-0.15, -0.1) is 0 Å². The second-order valence-corrected chi connectivity index (χ2v) is 6.91. The fourth-order valence-electron chi connectivity index (χ4n) is 3.29. The number of unbranched alkanes of at least 4 members (excludes halogenated alkanes) is 1.